The van der Waals surface area contributed by atoms with E-state index in [0.29, 0.717) is 22.1 Å². The van der Waals surface area contributed by atoms with Gasteiger partial charge in [0.1, 0.15) is 6.54 Å². The number of nitrogens with zero attached hydrogens (tertiary/aromatic N) is 1. The Morgan fingerprint density at radius 2 is 1.90 bits per heavy atom. The zero-order valence-electron chi connectivity index (χ0n) is 16.4. The molecule has 1 aromatic heterocycles. The van der Waals surface area contributed by atoms with E-state index in [0.717, 1.165) is 25.7 Å². The van der Waals surface area contributed by atoms with Crippen molar-refractivity contribution in [2.45, 2.75) is 31.7 Å². The molecular weight excluding hydrogens is 406 g/mol. The molecule has 0 unspecified atom stereocenters. The molecule has 0 radical (unpaired) electrons. The van der Waals surface area contributed by atoms with E-state index in [-0.39, 0.29) is 43.6 Å². The third kappa shape index (κ3) is 4.73. The van der Waals surface area contributed by atoms with E-state index in [9.17, 15) is 14.4 Å². The van der Waals surface area contributed by atoms with Crippen molar-refractivity contribution in [1.29, 1.82) is 0 Å². The first-order valence-electron chi connectivity index (χ1n) is 9.91. The maximum absolute atomic E-state index is 13.0. The van der Waals surface area contributed by atoms with E-state index in [1.165, 1.54) is 16.2 Å². The first-order valence-corrected chi connectivity index (χ1v) is 10.8. The molecule has 1 saturated carbocycles. The molecule has 2 aliphatic rings. The maximum Gasteiger partial charge on any atom is 0.261 e. The number of thiophene rings is 1. The molecule has 30 heavy (non-hydrogen) atoms. The second-order valence-electron chi connectivity index (χ2n) is 7.23. The van der Waals surface area contributed by atoms with Crippen LogP contribution in [0.25, 0.3) is 0 Å². The Morgan fingerprint density at radius 1 is 1.10 bits per heavy atom. The van der Waals surface area contributed by atoms with E-state index >= 15 is 0 Å². The molecule has 1 fully saturated rings. The lowest BCUT2D eigenvalue weighted by Crippen LogP contribution is -2.47. The van der Waals surface area contributed by atoms with Crippen LogP contribution in [0.4, 0.5) is 5.69 Å². The van der Waals surface area contributed by atoms with Gasteiger partial charge in [-0.05, 0) is 36.4 Å². The van der Waals surface area contributed by atoms with Crippen molar-refractivity contribution in [1.82, 2.24) is 10.6 Å². The van der Waals surface area contributed by atoms with Crippen molar-refractivity contribution in [2.24, 2.45) is 0 Å². The van der Waals surface area contributed by atoms with Crippen molar-refractivity contribution in [3.63, 3.8) is 0 Å². The molecule has 3 amide bonds. The molecule has 0 saturated heterocycles. The number of carbonyl (C=O) groups excluding carboxylic acids is 3. The highest BCUT2D eigenvalue weighted by molar-refractivity contribution is 7.12. The molecule has 2 heterocycles. The van der Waals surface area contributed by atoms with Gasteiger partial charge in [0, 0.05) is 17.8 Å². The third-order valence-electron chi connectivity index (χ3n) is 5.14. The minimum atomic E-state index is -0.389. The molecule has 8 nitrogen and oxygen atoms in total. The number of carbonyl (C=O) groups is 3. The van der Waals surface area contributed by atoms with Gasteiger partial charge in [-0.25, -0.2) is 0 Å². The summed E-state index contributed by atoms with van der Waals surface area (Å²) in [5.41, 5.74) is 0.510. The lowest BCUT2D eigenvalue weighted by Gasteiger charge is -2.24. The topological polar surface area (TPSA) is 97.0 Å². The second kappa shape index (κ2) is 9.17. The number of benzene rings is 1. The predicted molar refractivity (Wildman–Crippen MR) is 112 cm³/mol. The Hall–Kier alpha value is -3.07. The number of ether oxygens (including phenoxy) is 2. The van der Waals surface area contributed by atoms with Crippen molar-refractivity contribution in [3.05, 3.63) is 40.6 Å². The van der Waals surface area contributed by atoms with E-state index < -0.39 is 0 Å². The SMILES string of the molecule is O=C(CN(C(=O)CNC(=O)c1cccs1)c1ccc2c(c1)OCO2)NC1CCCC1. The maximum atomic E-state index is 13.0. The monoisotopic (exact) mass is 429 g/mol. The van der Waals surface area contributed by atoms with Crippen LogP contribution in [0.15, 0.2) is 35.7 Å². The van der Waals surface area contributed by atoms with E-state index in [2.05, 4.69) is 10.6 Å². The van der Waals surface area contributed by atoms with Crippen molar-refractivity contribution < 1.29 is 23.9 Å². The summed E-state index contributed by atoms with van der Waals surface area (Å²) >= 11 is 1.30. The first-order chi connectivity index (χ1) is 14.6. The van der Waals surface area contributed by atoms with Crippen LogP contribution in [0.2, 0.25) is 0 Å². The molecule has 0 bridgehead atoms. The van der Waals surface area contributed by atoms with Gasteiger partial charge in [-0.15, -0.1) is 11.3 Å². The summed E-state index contributed by atoms with van der Waals surface area (Å²) < 4.78 is 10.7. The highest BCUT2D eigenvalue weighted by Crippen LogP contribution is 2.35. The Balaban J connectivity index is 1.46. The number of anilines is 1. The Morgan fingerprint density at radius 3 is 2.67 bits per heavy atom. The largest absolute Gasteiger partial charge is 0.454 e. The van der Waals surface area contributed by atoms with Crippen LogP contribution in [0.3, 0.4) is 0 Å². The third-order valence-corrected chi connectivity index (χ3v) is 6.00. The quantitative estimate of drug-likeness (QED) is 0.704. The van der Waals surface area contributed by atoms with Crippen LogP contribution in [-0.4, -0.2) is 43.6 Å². The lowest BCUT2D eigenvalue weighted by molar-refractivity contribution is -0.123. The van der Waals surface area contributed by atoms with E-state index in [1.807, 2.05) is 0 Å². The Bertz CT molecular complexity index is 925. The highest BCUT2D eigenvalue weighted by Gasteiger charge is 2.25. The molecule has 2 N–H and O–H groups in total. The molecule has 1 aliphatic heterocycles. The van der Waals surface area contributed by atoms with Crippen LogP contribution in [0, 0.1) is 0 Å². The van der Waals surface area contributed by atoms with E-state index in [4.69, 9.17) is 9.47 Å². The number of nitrogens with one attached hydrogen (secondary N) is 2. The Kier molecular flexibility index (Phi) is 6.18. The summed E-state index contributed by atoms with van der Waals surface area (Å²) in [4.78, 5) is 39.6. The number of rotatable bonds is 7. The number of hydrogen-bond donors (Lipinski definition) is 2. The minimum absolute atomic E-state index is 0.117. The zero-order chi connectivity index (χ0) is 20.9. The summed E-state index contributed by atoms with van der Waals surface area (Å²) in [6.45, 7) is -0.239. The van der Waals surface area contributed by atoms with Gasteiger partial charge in [0.15, 0.2) is 11.5 Å². The molecule has 2 aromatic rings. The van der Waals surface area contributed by atoms with Gasteiger partial charge in [-0.1, -0.05) is 18.9 Å². The average Bonchev–Trinajstić information content (AvgIpc) is 3.51. The van der Waals surface area contributed by atoms with Gasteiger partial charge in [0.2, 0.25) is 18.6 Å². The summed E-state index contributed by atoms with van der Waals surface area (Å²) in [7, 11) is 0. The van der Waals surface area contributed by atoms with Gasteiger partial charge in [0.25, 0.3) is 5.91 Å². The van der Waals surface area contributed by atoms with Gasteiger partial charge in [-0.2, -0.15) is 0 Å². The van der Waals surface area contributed by atoms with Crippen molar-refractivity contribution >= 4 is 34.7 Å². The summed E-state index contributed by atoms with van der Waals surface area (Å²) in [6, 6.07) is 8.70. The summed E-state index contributed by atoms with van der Waals surface area (Å²) in [5.74, 6) is 0.175. The molecule has 0 atom stereocenters. The van der Waals surface area contributed by atoms with Gasteiger partial charge < -0.3 is 25.0 Å². The first kappa shape index (κ1) is 20.2. The fourth-order valence-corrected chi connectivity index (χ4v) is 4.25. The smallest absolute Gasteiger partial charge is 0.261 e. The number of hydrogen-bond acceptors (Lipinski definition) is 6. The number of fused-ring (bicyclic) bond motifs is 1. The van der Waals surface area contributed by atoms with Gasteiger partial charge in [-0.3, -0.25) is 14.4 Å². The normalized spacial score (nSPS) is 15.1. The lowest BCUT2D eigenvalue weighted by atomic mass is 10.2. The van der Waals surface area contributed by atoms with Crippen LogP contribution in [0.5, 0.6) is 11.5 Å². The zero-order valence-corrected chi connectivity index (χ0v) is 17.2. The van der Waals surface area contributed by atoms with Crippen LogP contribution in [-0.2, 0) is 9.59 Å². The average molecular weight is 429 g/mol. The van der Waals surface area contributed by atoms with E-state index in [1.54, 1.807) is 35.7 Å². The van der Waals surface area contributed by atoms with Gasteiger partial charge in [0.05, 0.1) is 11.4 Å². The minimum Gasteiger partial charge on any atom is -0.454 e. The molecule has 0 spiro atoms. The van der Waals surface area contributed by atoms with Crippen LogP contribution >= 0.6 is 11.3 Å². The molecule has 158 valence electrons. The molecule has 1 aliphatic carbocycles. The van der Waals surface area contributed by atoms with Crippen LogP contribution in [0.1, 0.15) is 35.4 Å². The Labute approximate surface area is 178 Å². The summed E-state index contributed by atoms with van der Waals surface area (Å²) in [5, 5.41) is 7.42. The fraction of sp³-hybridized carbons (Fsp3) is 0.381. The molecular formula is C21H23N3O5S. The predicted octanol–water partition coefficient (Wildman–Crippen LogP) is 2.30. The van der Waals surface area contributed by atoms with Crippen molar-refractivity contribution in [3.8, 4) is 11.5 Å². The number of amides is 3. The van der Waals surface area contributed by atoms with Gasteiger partial charge >= 0.3 is 0 Å². The molecule has 1 aromatic carbocycles. The van der Waals surface area contributed by atoms with Crippen molar-refractivity contribution in [2.75, 3.05) is 24.8 Å². The second-order valence-corrected chi connectivity index (χ2v) is 8.17. The standard InChI is InChI=1S/C21H23N3O5S/c25-19(23-14-4-1-2-5-14)12-24(15-7-8-16-17(10-15)29-13-28-16)20(26)11-22-21(27)18-6-3-9-30-18/h3,6-10,14H,1-2,4-5,11-13H2,(H,22,27)(H,23,25). The summed E-state index contributed by atoms with van der Waals surface area (Å²) in [6.07, 6.45) is 4.12. The molecule has 4 rings (SSSR count). The van der Waals surface area contributed by atoms with Crippen LogP contribution < -0.4 is 25.0 Å². The molecule has 9 heteroatoms. The fourth-order valence-electron chi connectivity index (χ4n) is 3.61. The highest BCUT2D eigenvalue weighted by atomic mass is 32.1.